The zero-order chi connectivity index (χ0) is 17.7. The molecule has 0 spiro atoms. The lowest BCUT2D eigenvalue weighted by Gasteiger charge is -2.18. The van der Waals surface area contributed by atoms with Gasteiger partial charge in [-0.25, -0.2) is 14.5 Å². The number of hydrogen-bond acceptors (Lipinski definition) is 6. The fraction of sp³-hybridized carbons (Fsp3) is 0.556. The average Bonchev–Trinajstić information content (AvgIpc) is 3.36. The number of ether oxygens (including phenoxy) is 1. The topological polar surface area (TPSA) is 81.4 Å². The molecule has 136 valence electrons. The first-order chi connectivity index (χ1) is 12.7. The molecule has 0 bridgehead atoms. The summed E-state index contributed by atoms with van der Waals surface area (Å²) < 4.78 is 7.19. The third-order valence-corrected chi connectivity index (χ3v) is 6.57. The van der Waals surface area contributed by atoms with Crippen LogP contribution >= 0.6 is 11.3 Å². The van der Waals surface area contributed by atoms with E-state index in [9.17, 15) is 4.79 Å². The van der Waals surface area contributed by atoms with E-state index in [1.54, 1.807) is 22.2 Å². The third kappa shape index (κ3) is 2.59. The van der Waals surface area contributed by atoms with Gasteiger partial charge in [-0.05, 0) is 43.6 Å². The highest BCUT2D eigenvalue weighted by molar-refractivity contribution is 7.19. The SMILES string of the molecule is C[C@H]1CCCc2sc3ncn4nc(C(=O)NC[C@@H]5CCCO5)nc4c3c21. The predicted molar refractivity (Wildman–Crippen MR) is 98.8 cm³/mol. The molecule has 1 aliphatic carbocycles. The van der Waals surface area contributed by atoms with Crippen molar-refractivity contribution in [3.8, 4) is 0 Å². The van der Waals surface area contributed by atoms with Gasteiger partial charge in [-0.15, -0.1) is 16.4 Å². The van der Waals surface area contributed by atoms with Gasteiger partial charge in [0.15, 0.2) is 5.65 Å². The number of nitrogens with one attached hydrogen (secondary N) is 1. The molecule has 1 amide bonds. The first-order valence-corrected chi connectivity index (χ1v) is 10.1. The van der Waals surface area contributed by atoms with Crippen molar-refractivity contribution in [2.24, 2.45) is 0 Å². The maximum atomic E-state index is 12.5. The predicted octanol–water partition coefficient (Wildman–Crippen LogP) is 2.69. The van der Waals surface area contributed by atoms with Gasteiger partial charge in [0.2, 0.25) is 5.82 Å². The van der Waals surface area contributed by atoms with E-state index < -0.39 is 0 Å². The maximum absolute atomic E-state index is 12.5. The molecule has 3 aromatic heterocycles. The molecule has 7 nitrogen and oxygen atoms in total. The fourth-order valence-electron chi connectivity index (χ4n) is 4.07. The second-order valence-corrected chi connectivity index (χ2v) is 8.29. The molecule has 5 rings (SSSR count). The molecule has 2 aliphatic rings. The Balaban J connectivity index is 1.51. The van der Waals surface area contributed by atoms with Crippen LogP contribution in [0.3, 0.4) is 0 Å². The van der Waals surface area contributed by atoms with Crippen LogP contribution < -0.4 is 5.32 Å². The molecular weight excluding hydrogens is 350 g/mol. The quantitative estimate of drug-likeness (QED) is 0.765. The molecule has 26 heavy (non-hydrogen) atoms. The van der Waals surface area contributed by atoms with E-state index >= 15 is 0 Å². The lowest BCUT2D eigenvalue weighted by molar-refractivity contribution is 0.0849. The summed E-state index contributed by atoms with van der Waals surface area (Å²) in [6.07, 6.45) is 7.32. The minimum absolute atomic E-state index is 0.106. The van der Waals surface area contributed by atoms with Crippen molar-refractivity contribution in [2.75, 3.05) is 13.2 Å². The number of rotatable bonds is 3. The van der Waals surface area contributed by atoms with Crippen molar-refractivity contribution < 1.29 is 9.53 Å². The van der Waals surface area contributed by atoms with E-state index in [2.05, 4.69) is 27.3 Å². The second kappa shape index (κ2) is 6.28. The number of aryl methyl sites for hydroxylation is 1. The van der Waals surface area contributed by atoms with Crippen molar-refractivity contribution in [1.82, 2.24) is 24.9 Å². The Hall–Kier alpha value is -2.06. The van der Waals surface area contributed by atoms with Crippen LogP contribution in [0.2, 0.25) is 0 Å². The zero-order valence-electron chi connectivity index (χ0n) is 14.7. The van der Waals surface area contributed by atoms with Crippen molar-refractivity contribution in [2.45, 2.75) is 51.0 Å². The summed E-state index contributed by atoms with van der Waals surface area (Å²) in [6.45, 7) is 3.55. The molecular formula is C18H21N5O2S. The van der Waals surface area contributed by atoms with Crippen molar-refractivity contribution >= 4 is 33.1 Å². The zero-order valence-corrected chi connectivity index (χ0v) is 15.5. The second-order valence-electron chi connectivity index (χ2n) is 7.21. The van der Waals surface area contributed by atoms with Crippen LogP contribution in [-0.4, -0.2) is 44.7 Å². The molecule has 1 saturated heterocycles. The van der Waals surface area contributed by atoms with Gasteiger partial charge < -0.3 is 10.1 Å². The van der Waals surface area contributed by atoms with Crippen LogP contribution in [0.5, 0.6) is 0 Å². The Morgan fingerprint density at radius 2 is 2.35 bits per heavy atom. The molecule has 8 heteroatoms. The maximum Gasteiger partial charge on any atom is 0.291 e. The van der Waals surface area contributed by atoms with Gasteiger partial charge in [0, 0.05) is 18.0 Å². The van der Waals surface area contributed by atoms with Gasteiger partial charge in [0.1, 0.15) is 11.2 Å². The summed E-state index contributed by atoms with van der Waals surface area (Å²) in [5.41, 5.74) is 2.09. The summed E-state index contributed by atoms with van der Waals surface area (Å²) >= 11 is 1.75. The Bertz CT molecular complexity index is 988. The van der Waals surface area contributed by atoms with Gasteiger partial charge in [-0.2, -0.15) is 0 Å². The third-order valence-electron chi connectivity index (χ3n) is 5.39. The fourth-order valence-corrected chi connectivity index (χ4v) is 5.37. The summed E-state index contributed by atoms with van der Waals surface area (Å²) in [6, 6.07) is 0. The number of thiophene rings is 1. The van der Waals surface area contributed by atoms with Gasteiger partial charge in [-0.1, -0.05) is 6.92 Å². The van der Waals surface area contributed by atoms with Gasteiger partial charge in [0.05, 0.1) is 11.5 Å². The van der Waals surface area contributed by atoms with Crippen LogP contribution in [0, 0.1) is 0 Å². The number of hydrogen-bond donors (Lipinski definition) is 1. The van der Waals surface area contributed by atoms with E-state index in [0.717, 1.165) is 41.7 Å². The highest BCUT2D eigenvalue weighted by Gasteiger charge is 2.26. The van der Waals surface area contributed by atoms with E-state index in [1.165, 1.54) is 23.3 Å². The molecule has 1 N–H and O–H groups in total. The molecule has 0 saturated carbocycles. The molecule has 1 fully saturated rings. The monoisotopic (exact) mass is 371 g/mol. The van der Waals surface area contributed by atoms with Crippen molar-refractivity contribution in [3.05, 3.63) is 22.6 Å². The van der Waals surface area contributed by atoms with Gasteiger partial charge in [0.25, 0.3) is 5.91 Å². The minimum Gasteiger partial charge on any atom is -0.376 e. The average molecular weight is 371 g/mol. The molecule has 0 radical (unpaired) electrons. The van der Waals surface area contributed by atoms with Crippen LogP contribution in [0.15, 0.2) is 6.33 Å². The molecule has 4 heterocycles. The number of carbonyl (C=O) groups excluding carboxylic acids is 1. The summed E-state index contributed by atoms with van der Waals surface area (Å²) in [4.78, 5) is 24.0. The van der Waals surface area contributed by atoms with Crippen molar-refractivity contribution in [3.63, 3.8) is 0 Å². The van der Waals surface area contributed by atoms with Crippen LogP contribution in [0.25, 0.3) is 15.9 Å². The van der Waals surface area contributed by atoms with Gasteiger partial charge >= 0.3 is 0 Å². The normalized spacial score (nSPS) is 22.8. The van der Waals surface area contributed by atoms with Crippen LogP contribution in [0.4, 0.5) is 0 Å². The van der Waals surface area contributed by atoms with E-state index in [0.29, 0.717) is 12.5 Å². The Morgan fingerprint density at radius 3 is 3.19 bits per heavy atom. The smallest absolute Gasteiger partial charge is 0.291 e. The van der Waals surface area contributed by atoms with Gasteiger partial charge in [-0.3, -0.25) is 4.79 Å². The largest absolute Gasteiger partial charge is 0.376 e. The number of fused-ring (bicyclic) bond motifs is 5. The Kier molecular flexibility index (Phi) is 3.90. The summed E-state index contributed by atoms with van der Waals surface area (Å²) in [5, 5.41) is 8.33. The number of carbonyl (C=O) groups is 1. The van der Waals surface area contributed by atoms with Crippen LogP contribution in [0.1, 0.15) is 59.6 Å². The van der Waals surface area contributed by atoms with Crippen molar-refractivity contribution in [1.29, 1.82) is 0 Å². The van der Waals surface area contributed by atoms with E-state index in [-0.39, 0.29) is 17.8 Å². The first-order valence-electron chi connectivity index (χ1n) is 9.27. The minimum atomic E-state index is -0.255. The lowest BCUT2D eigenvalue weighted by atomic mass is 9.87. The van der Waals surface area contributed by atoms with E-state index in [1.807, 2.05) is 0 Å². The molecule has 0 aromatic carbocycles. The number of amides is 1. The van der Waals surface area contributed by atoms with Crippen LogP contribution in [-0.2, 0) is 11.2 Å². The highest BCUT2D eigenvalue weighted by atomic mass is 32.1. The standard InChI is InChI=1S/C18H21N5O2S/c1-10-4-2-6-12-13(10)14-16-21-15(22-23(16)9-20-18(14)26-12)17(24)19-8-11-5-3-7-25-11/h9-11H,2-8H2,1H3,(H,19,24)/t10-,11-/m0/s1. The Labute approximate surface area is 154 Å². The molecule has 0 unspecified atom stereocenters. The molecule has 2 atom stereocenters. The molecule has 1 aliphatic heterocycles. The molecule has 3 aromatic rings. The first kappa shape index (κ1) is 16.1. The van der Waals surface area contributed by atoms with E-state index in [4.69, 9.17) is 4.74 Å². The summed E-state index contributed by atoms with van der Waals surface area (Å²) in [5.74, 6) is 0.434. The Morgan fingerprint density at radius 1 is 1.42 bits per heavy atom. The highest BCUT2D eigenvalue weighted by Crippen LogP contribution is 2.42. The lowest BCUT2D eigenvalue weighted by Crippen LogP contribution is -2.32. The number of aromatic nitrogens is 4. The summed E-state index contributed by atoms with van der Waals surface area (Å²) in [7, 11) is 0. The number of nitrogens with zero attached hydrogens (tertiary/aromatic N) is 4.